The molecule has 1 aliphatic rings. The number of thiol groups is 1. The summed E-state index contributed by atoms with van der Waals surface area (Å²) in [5.74, 6) is 4.41. The highest BCUT2D eigenvalue weighted by Crippen LogP contribution is 2.11. The standard InChI is InChI=1S/C8H17NS2/c1-8(7-10)6-9-2-4-11-5-3-9/h8,10H,2-7H2,1H3. The first-order chi connectivity index (χ1) is 5.33. The van der Waals surface area contributed by atoms with Crippen molar-refractivity contribution in [1.82, 2.24) is 4.90 Å². The lowest BCUT2D eigenvalue weighted by Crippen LogP contribution is -2.36. The Hall–Kier alpha value is 0.660. The first kappa shape index (κ1) is 9.75. The zero-order chi connectivity index (χ0) is 8.10. The molecule has 0 radical (unpaired) electrons. The van der Waals surface area contributed by atoms with E-state index in [2.05, 4.69) is 36.2 Å². The summed E-state index contributed by atoms with van der Waals surface area (Å²) in [6.45, 7) is 6.07. The predicted octanol–water partition coefficient (Wildman–Crippen LogP) is 1.60. The van der Waals surface area contributed by atoms with Crippen molar-refractivity contribution in [1.29, 1.82) is 0 Å². The van der Waals surface area contributed by atoms with Gasteiger partial charge >= 0.3 is 0 Å². The molecule has 1 aliphatic heterocycles. The molecule has 0 bridgehead atoms. The van der Waals surface area contributed by atoms with E-state index in [1.807, 2.05) is 0 Å². The van der Waals surface area contributed by atoms with E-state index in [9.17, 15) is 0 Å². The van der Waals surface area contributed by atoms with Gasteiger partial charge in [0, 0.05) is 31.1 Å². The molecule has 1 atom stereocenters. The maximum atomic E-state index is 4.28. The summed E-state index contributed by atoms with van der Waals surface area (Å²) in [5.41, 5.74) is 0. The second-order valence-corrected chi connectivity index (χ2v) is 4.79. The Labute approximate surface area is 79.3 Å². The van der Waals surface area contributed by atoms with E-state index < -0.39 is 0 Å². The summed E-state index contributed by atoms with van der Waals surface area (Å²) < 4.78 is 0. The topological polar surface area (TPSA) is 3.24 Å². The third kappa shape index (κ3) is 3.72. The van der Waals surface area contributed by atoms with Crippen LogP contribution in [0.25, 0.3) is 0 Å². The Morgan fingerprint density at radius 3 is 2.64 bits per heavy atom. The average molecular weight is 191 g/mol. The third-order valence-electron chi connectivity index (χ3n) is 1.99. The molecule has 1 unspecified atom stereocenters. The molecule has 0 spiro atoms. The molecule has 0 amide bonds. The van der Waals surface area contributed by atoms with Gasteiger partial charge in [0.1, 0.15) is 0 Å². The van der Waals surface area contributed by atoms with E-state index in [4.69, 9.17) is 0 Å². The smallest absolute Gasteiger partial charge is 0.00728 e. The van der Waals surface area contributed by atoms with E-state index in [0.29, 0.717) is 0 Å². The van der Waals surface area contributed by atoms with Crippen molar-refractivity contribution >= 4 is 24.4 Å². The average Bonchev–Trinajstić information content (AvgIpc) is 2.06. The van der Waals surface area contributed by atoms with Crippen LogP contribution >= 0.6 is 24.4 Å². The molecule has 66 valence electrons. The lowest BCUT2D eigenvalue weighted by Gasteiger charge is -2.28. The fourth-order valence-corrected chi connectivity index (χ4v) is 2.38. The lowest BCUT2D eigenvalue weighted by molar-refractivity contribution is 0.270. The van der Waals surface area contributed by atoms with Crippen molar-refractivity contribution in [2.24, 2.45) is 5.92 Å². The van der Waals surface area contributed by atoms with Crippen LogP contribution in [0.3, 0.4) is 0 Å². The van der Waals surface area contributed by atoms with Crippen molar-refractivity contribution in [3.63, 3.8) is 0 Å². The summed E-state index contributed by atoms with van der Waals surface area (Å²) in [4.78, 5) is 2.55. The lowest BCUT2D eigenvalue weighted by atomic mass is 10.2. The molecule has 0 aromatic heterocycles. The van der Waals surface area contributed by atoms with Gasteiger partial charge in [0.05, 0.1) is 0 Å². The minimum atomic E-state index is 0.751. The van der Waals surface area contributed by atoms with Crippen LogP contribution in [0.15, 0.2) is 0 Å². The molecular formula is C8H17NS2. The molecular weight excluding hydrogens is 174 g/mol. The van der Waals surface area contributed by atoms with Gasteiger partial charge in [0.25, 0.3) is 0 Å². The Kier molecular flexibility index (Phi) is 4.72. The highest BCUT2D eigenvalue weighted by atomic mass is 32.2. The summed E-state index contributed by atoms with van der Waals surface area (Å²) in [5, 5.41) is 0. The molecule has 1 fully saturated rings. The largest absolute Gasteiger partial charge is 0.301 e. The fraction of sp³-hybridized carbons (Fsp3) is 1.00. The van der Waals surface area contributed by atoms with E-state index >= 15 is 0 Å². The highest BCUT2D eigenvalue weighted by molar-refractivity contribution is 7.99. The number of rotatable bonds is 3. The van der Waals surface area contributed by atoms with Crippen LogP contribution in [-0.4, -0.2) is 41.8 Å². The third-order valence-corrected chi connectivity index (χ3v) is 3.55. The molecule has 0 aliphatic carbocycles. The van der Waals surface area contributed by atoms with Gasteiger partial charge in [-0.15, -0.1) is 0 Å². The van der Waals surface area contributed by atoms with Gasteiger partial charge in [-0.2, -0.15) is 24.4 Å². The monoisotopic (exact) mass is 191 g/mol. The summed E-state index contributed by atoms with van der Waals surface area (Å²) in [6, 6.07) is 0. The second kappa shape index (κ2) is 5.33. The van der Waals surface area contributed by atoms with Crippen LogP contribution in [0.5, 0.6) is 0 Å². The molecule has 0 saturated carbocycles. The van der Waals surface area contributed by atoms with Crippen LogP contribution in [0.4, 0.5) is 0 Å². The van der Waals surface area contributed by atoms with Crippen molar-refractivity contribution in [2.75, 3.05) is 36.9 Å². The number of thioether (sulfide) groups is 1. The fourth-order valence-electron chi connectivity index (χ4n) is 1.28. The Bertz CT molecular complexity index is 102. The Morgan fingerprint density at radius 1 is 1.45 bits per heavy atom. The van der Waals surface area contributed by atoms with Gasteiger partial charge in [-0.05, 0) is 11.7 Å². The van der Waals surface area contributed by atoms with Crippen LogP contribution in [0.2, 0.25) is 0 Å². The van der Waals surface area contributed by atoms with E-state index in [1.165, 1.54) is 31.1 Å². The van der Waals surface area contributed by atoms with Crippen LogP contribution in [-0.2, 0) is 0 Å². The zero-order valence-electron chi connectivity index (χ0n) is 7.12. The zero-order valence-corrected chi connectivity index (χ0v) is 8.83. The number of hydrogen-bond donors (Lipinski definition) is 1. The molecule has 0 N–H and O–H groups in total. The predicted molar refractivity (Wildman–Crippen MR) is 56.8 cm³/mol. The van der Waals surface area contributed by atoms with Gasteiger partial charge in [0.2, 0.25) is 0 Å². The molecule has 1 heterocycles. The van der Waals surface area contributed by atoms with E-state index in [0.717, 1.165) is 11.7 Å². The molecule has 0 aromatic carbocycles. The molecule has 1 saturated heterocycles. The van der Waals surface area contributed by atoms with Crippen molar-refractivity contribution < 1.29 is 0 Å². The minimum Gasteiger partial charge on any atom is -0.301 e. The van der Waals surface area contributed by atoms with Gasteiger partial charge < -0.3 is 4.90 Å². The molecule has 1 nitrogen and oxygen atoms in total. The summed E-state index contributed by atoms with van der Waals surface area (Å²) in [6.07, 6.45) is 0. The van der Waals surface area contributed by atoms with Crippen LogP contribution in [0.1, 0.15) is 6.92 Å². The van der Waals surface area contributed by atoms with Crippen LogP contribution in [0, 0.1) is 5.92 Å². The first-order valence-corrected chi connectivity index (χ1v) is 6.02. The summed E-state index contributed by atoms with van der Waals surface area (Å²) in [7, 11) is 0. The maximum Gasteiger partial charge on any atom is 0.00728 e. The number of nitrogens with zero attached hydrogens (tertiary/aromatic N) is 1. The normalized spacial score (nSPS) is 23.5. The van der Waals surface area contributed by atoms with E-state index in [-0.39, 0.29) is 0 Å². The first-order valence-electron chi connectivity index (χ1n) is 4.24. The summed E-state index contributed by atoms with van der Waals surface area (Å²) >= 11 is 6.36. The van der Waals surface area contributed by atoms with Gasteiger partial charge in [-0.25, -0.2) is 0 Å². The molecule has 3 heteroatoms. The Morgan fingerprint density at radius 2 is 2.09 bits per heavy atom. The van der Waals surface area contributed by atoms with Gasteiger partial charge in [-0.3, -0.25) is 0 Å². The van der Waals surface area contributed by atoms with Crippen molar-refractivity contribution in [3.05, 3.63) is 0 Å². The highest BCUT2D eigenvalue weighted by Gasteiger charge is 2.12. The SMILES string of the molecule is CC(CS)CN1CCSCC1. The van der Waals surface area contributed by atoms with Gasteiger partial charge in [-0.1, -0.05) is 6.92 Å². The van der Waals surface area contributed by atoms with Crippen molar-refractivity contribution in [2.45, 2.75) is 6.92 Å². The molecule has 1 rings (SSSR count). The Balaban J connectivity index is 2.13. The molecule has 11 heavy (non-hydrogen) atoms. The van der Waals surface area contributed by atoms with E-state index in [1.54, 1.807) is 0 Å². The molecule has 0 aromatic rings. The number of hydrogen-bond acceptors (Lipinski definition) is 3. The van der Waals surface area contributed by atoms with Crippen molar-refractivity contribution in [3.8, 4) is 0 Å². The van der Waals surface area contributed by atoms with Gasteiger partial charge in [0.15, 0.2) is 0 Å². The maximum absolute atomic E-state index is 4.28. The minimum absolute atomic E-state index is 0.751. The second-order valence-electron chi connectivity index (χ2n) is 3.20. The quantitative estimate of drug-likeness (QED) is 0.675. The van der Waals surface area contributed by atoms with Crippen LogP contribution < -0.4 is 0 Å².